The molecular formula is C14H21NO2. The number of aryl methyl sites for hydroxylation is 1. The summed E-state index contributed by atoms with van der Waals surface area (Å²) in [6.45, 7) is 6.09. The third kappa shape index (κ3) is 3.45. The number of hydrogen-bond donors (Lipinski definition) is 1. The first kappa shape index (κ1) is 12.4. The third-order valence-electron chi connectivity index (χ3n) is 3.16. The molecule has 0 spiro atoms. The van der Waals surface area contributed by atoms with Gasteiger partial charge in [-0.1, -0.05) is 6.08 Å². The van der Waals surface area contributed by atoms with Crippen LogP contribution in [0.25, 0.3) is 0 Å². The Morgan fingerprint density at radius 2 is 2.47 bits per heavy atom. The topological polar surface area (TPSA) is 34.4 Å². The zero-order valence-electron chi connectivity index (χ0n) is 10.3. The first-order valence-electron chi connectivity index (χ1n) is 6.40. The molecule has 0 bridgehead atoms. The minimum Gasteiger partial charge on any atom is -0.469 e. The van der Waals surface area contributed by atoms with E-state index in [-0.39, 0.29) is 0 Å². The van der Waals surface area contributed by atoms with E-state index in [4.69, 9.17) is 9.15 Å². The second-order valence-corrected chi connectivity index (χ2v) is 4.39. The molecule has 0 radical (unpaired) electrons. The Balaban J connectivity index is 1.69. The zero-order chi connectivity index (χ0) is 11.9. The first-order chi connectivity index (χ1) is 8.42. The molecule has 3 nitrogen and oxygen atoms in total. The van der Waals surface area contributed by atoms with E-state index < -0.39 is 0 Å². The van der Waals surface area contributed by atoms with Crippen molar-refractivity contribution in [2.75, 3.05) is 19.8 Å². The Labute approximate surface area is 103 Å². The largest absolute Gasteiger partial charge is 0.469 e. The van der Waals surface area contributed by atoms with E-state index >= 15 is 0 Å². The van der Waals surface area contributed by atoms with Crippen molar-refractivity contribution in [3.8, 4) is 0 Å². The highest BCUT2D eigenvalue weighted by Crippen LogP contribution is 2.30. The van der Waals surface area contributed by atoms with Gasteiger partial charge in [0.15, 0.2) is 0 Å². The Kier molecular flexibility index (Phi) is 4.83. The van der Waals surface area contributed by atoms with Crippen LogP contribution in [0, 0.1) is 0 Å². The third-order valence-corrected chi connectivity index (χ3v) is 3.16. The second-order valence-electron chi connectivity index (χ2n) is 4.39. The van der Waals surface area contributed by atoms with Crippen molar-refractivity contribution in [3.63, 3.8) is 0 Å². The van der Waals surface area contributed by atoms with Crippen molar-refractivity contribution in [1.29, 1.82) is 0 Å². The molecule has 0 aliphatic heterocycles. The number of nitrogens with one attached hydrogen (secondary N) is 1. The number of rotatable bonds is 7. The number of fused-ring (bicyclic) bond motifs is 1. The summed E-state index contributed by atoms with van der Waals surface area (Å²) in [5.41, 5.74) is 1.34. The lowest BCUT2D eigenvalue weighted by molar-refractivity contribution is 0.137. The predicted octanol–water partition coefficient (Wildman–Crippen LogP) is 2.84. The van der Waals surface area contributed by atoms with Gasteiger partial charge in [0.2, 0.25) is 0 Å². The highest BCUT2D eigenvalue weighted by atomic mass is 16.5. The monoisotopic (exact) mass is 235 g/mol. The summed E-state index contributed by atoms with van der Waals surface area (Å²) < 4.78 is 10.9. The van der Waals surface area contributed by atoms with Crippen LogP contribution in [-0.2, 0) is 11.2 Å². The van der Waals surface area contributed by atoms with Gasteiger partial charge in [-0.15, -0.1) is 6.58 Å². The normalized spacial score (nSPS) is 18.9. The second kappa shape index (κ2) is 6.62. The molecule has 17 heavy (non-hydrogen) atoms. The van der Waals surface area contributed by atoms with Crippen LogP contribution < -0.4 is 5.32 Å². The van der Waals surface area contributed by atoms with Crippen LogP contribution in [-0.4, -0.2) is 19.8 Å². The van der Waals surface area contributed by atoms with E-state index in [0.717, 1.165) is 38.4 Å². The molecule has 3 heteroatoms. The maximum Gasteiger partial charge on any atom is 0.108 e. The van der Waals surface area contributed by atoms with Crippen molar-refractivity contribution in [2.45, 2.75) is 31.7 Å². The van der Waals surface area contributed by atoms with Gasteiger partial charge in [-0.25, -0.2) is 0 Å². The van der Waals surface area contributed by atoms with E-state index in [2.05, 4.69) is 18.0 Å². The summed E-state index contributed by atoms with van der Waals surface area (Å²) in [6, 6.07) is 2.53. The minimum absolute atomic E-state index is 0.445. The summed E-state index contributed by atoms with van der Waals surface area (Å²) >= 11 is 0. The van der Waals surface area contributed by atoms with E-state index in [1.54, 1.807) is 6.26 Å². The number of hydrogen-bond acceptors (Lipinski definition) is 3. The SMILES string of the molecule is C=CCCOCCNC1CCCc2occc21. The van der Waals surface area contributed by atoms with Gasteiger partial charge in [-0.2, -0.15) is 0 Å². The molecular weight excluding hydrogens is 214 g/mol. The van der Waals surface area contributed by atoms with Gasteiger partial charge in [-0.3, -0.25) is 0 Å². The van der Waals surface area contributed by atoms with Crippen molar-refractivity contribution in [1.82, 2.24) is 5.32 Å². The van der Waals surface area contributed by atoms with Gasteiger partial charge < -0.3 is 14.5 Å². The van der Waals surface area contributed by atoms with Gasteiger partial charge in [0, 0.05) is 24.6 Å². The van der Waals surface area contributed by atoms with E-state index in [0.29, 0.717) is 6.04 Å². The van der Waals surface area contributed by atoms with Crippen LogP contribution in [0.3, 0.4) is 0 Å². The number of furan rings is 1. The summed E-state index contributed by atoms with van der Waals surface area (Å²) in [5.74, 6) is 1.15. The summed E-state index contributed by atoms with van der Waals surface area (Å²) in [6.07, 6.45) is 8.08. The molecule has 1 aliphatic rings. The molecule has 0 amide bonds. The smallest absolute Gasteiger partial charge is 0.108 e. The van der Waals surface area contributed by atoms with E-state index in [1.165, 1.54) is 18.4 Å². The van der Waals surface area contributed by atoms with Crippen molar-refractivity contribution < 1.29 is 9.15 Å². The molecule has 2 rings (SSSR count). The molecule has 94 valence electrons. The first-order valence-corrected chi connectivity index (χ1v) is 6.40. The standard InChI is InChI=1S/C14H21NO2/c1-2-3-9-16-11-8-15-13-5-4-6-14-12(13)7-10-17-14/h2,7,10,13,15H,1,3-6,8-9,11H2. The van der Waals surface area contributed by atoms with Crippen molar-refractivity contribution in [2.24, 2.45) is 0 Å². The zero-order valence-corrected chi connectivity index (χ0v) is 10.3. The average Bonchev–Trinajstić information content (AvgIpc) is 2.82. The number of ether oxygens (including phenoxy) is 1. The van der Waals surface area contributed by atoms with Gasteiger partial charge >= 0.3 is 0 Å². The van der Waals surface area contributed by atoms with Crippen LogP contribution in [0.15, 0.2) is 29.4 Å². The van der Waals surface area contributed by atoms with Crippen LogP contribution in [0.4, 0.5) is 0 Å². The summed E-state index contributed by atoms with van der Waals surface area (Å²) in [5, 5.41) is 3.53. The van der Waals surface area contributed by atoms with Crippen LogP contribution in [0.5, 0.6) is 0 Å². The fourth-order valence-corrected chi connectivity index (χ4v) is 2.27. The maximum atomic E-state index is 5.48. The van der Waals surface area contributed by atoms with Gasteiger partial charge in [0.25, 0.3) is 0 Å². The Bertz CT molecular complexity index is 346. The highest BCUT2D eigenvalue weighted by Gasteiger charge is 2.21. The highest BCUT2D eigenvalue weighted by molar-refractivity contribution is 5.23. The van der Waals surface area contributed by atoms with Gasteiger partial charge in [0.05, 0.1) is 19.5 Å². The fourth-order valence-electron chi connectivity index (χ4n) is 2.27. The van der Waals surface area contributed by atoms with Crippen molar-refractivity contribution in [3.05, 3.63) is 36.3 Å². The lowest BCUT2D eigenvalue weighted by Gasteiger charge is -2.22. The molecule has 0 saturated heterocycles. The molecule has 1 N–H and O–H groups in total. The Hall–Kier alpha value is -1.06. The van der Waals surface area contributed by atoms with Crippen LogP contribution >= 0.6 is 0 Å². The fraction of sp³-hybridized carbons (Fsp3) is 0.571. The Morgan fingerprint density at radius 1 is 1.53 bits per heavy atom. The summed E-state index contributed by atoms with van der Waals surface area (Å²) in [4.78, 5) is 0. The van der Waals surface area contributed by atoms with Gasteiger partial charge in [-0.05, 0) is 25.3 Å². The van der Waals surface area contributed by atoms with Crippen LogP contribution in [0.2, 0.25) is 0 Å². The van der Waals surface area contributed by atoms with E-state index in [1.807, 2.05) is 6.08 Å². The molecule has 1 unspecified atom stereocenters. The lowest BCUT2D eigenvalue weighted by Crippen LogP contribution is -2.27. The molecule has 0 saturated carbocycles. The lowest BCUT2D eigenvalue weighted by atomic mass is 9.93. The van der Waals surface area contributed by atoms with Gasteiger partial charge in [0.1, 0.15) is 5.76 Å². The molecule has 1 heterocycles. The van der Waals surface area contributed by atoms with Crippen LogP contribution in [0.1, 0.15) is 36.6 Å². The predicted molar refractivity (Wildman–Crippen MR) is 68.0 cm³/mol. The Morgan fingerprint density at radius 3 is 3.35 bits per heavy atom. The molecule has 0 fully saturated rings. The quantitative estimate of drug-likeness (QED) is 0.583. The maximum absolute atomic E-state index is 5.48. The molecule has 1 aliphatic carbocycles. The molecule has 1 atom stereocenters. The minimum atomic E-state index is 0.445. The van der Waals surface area contributed by atoms with E-state index in [9.17, 15) is 0 Å². The van der Waals surface area contributed by atoms with Crippen molar-refractivity contribution >= 4 is 0 Å². The molecule has 1 aromatic rings. The average molecular weight is 235 g/mol. The summed E-state index contributed by atoms with van der Waals surface area (Å²) in [7, 11) is 0. The molecule has 1 aromatic heterocycles. The molecule has 0 aromatic carbocycles.